The second-order valence-corrected chi connectivity index (χ2v) is 16.3. The van der Waals surface area contributed by atoms with Crippen LogP contribution in [-0.2, 0) is 9.16 Å². The lowest BCUT2D eigenvalue weighted by molar-refractivity contribution is -0.194. The number of aliphatic hydroxyl groups is 1. The van der Waals surface area contributed by atoms with E-state index in [9.17, 15) is 13.9 Å². The van der Waals surface area contributed by atoms with Crippen molar-refractivity contribution in [2.75, 3.05) is 18.5 Å². The number of anilines is 1. The van der Waals surface area contributed by atoms with E-state index in [-0.39, 0.29) is 17.0 Å². The number of benzene rings is 3. The summed E-state index contributed by atoms with van der Waals surface area (Å²) >= 11 is 0. The van der Waals surface area contributed by atoms with Gasteiger partial charge in [-0.25, -0.2) is 8.78 Å². The Morgan fingerprint density at radius 1 is 0.949 bits per heavy atom. The van der Waals surface area contributed by atoms with E-state index in [4.69, 9.17) is 9.16 Å². The van der Waals surface area contributed by atoms with E-state index in [1.165, 1.54) is 16.4 Å². The summed E-state index contributed by atoms with van der Waals surface area (Å²) in [4.78, 5) is 0. The average molecular weight is 552 g/mol. The minimum absolute atomic E-state index is 0.0000431. The molecule has 1 saturated heterocycles. The van der Waals surface area contributed by atoms with Crippen LogP contribution in [0.15, 0.2) is 78.9 Å². The smallest absolute Gasteiger partial charge is 0.261 e. The van der Waals surface area contributed by atoms with Crippen molar-refractivity contribution in [3.8, 4) is 0 Å². The SMILES string of the molecule is CC(C)(C)[Si](OC[C@@H]1CC[C@H](Nc2ccc(F)c(F)c2)[C@@]2(O)CCCO[C@@H]12)(c1ccccc1)c1ccccc1. The van der Waals surface area contributed by atoms with Crippen LogP contribution < -0.4 is 15.7 Å². The van der Waals surface area contributed by atoms with Crippen LogP contribution in [-0.4, -0.2) is 44.4 Å². The molecule has 1 heterocycles. The van der Waals surface area contributed by atoms with E-state index in [0.29, 0.717) is 31.7 Å². The van der Waals surface area contributed by atoms with Crippen molar-refractivity contribution in [2.24, 2.45) is 5.92 Å². The fourth-order valence-corrected chi connectivity index (χ4v) is 11.3. The van der Waals surface area contributed by atoms with Gasteiger partial charge >= 0.3 is 0 Å². The highest BCUT2D eigenvalue weighted by atomic mass is 28.4. The number of rotatable bonds is 7. The van der Waals surface area contributed by atoms with Gasteiger partial charge in [0.25, 0.3) is 8.32 Å². The second-order valence-electron chi connectivity index (χ2n) is 12.0. The Balaban J connectivity index is 1.43. The molecule has 0 bridgehead atoms. The Bertz CT molecular complexity index is 1210. The first-order chi connectivity index (χ1) is 18.6. The molecule has 2 fully saturated rings. The maximum absolute atomic E-state index is 13.9. The van der Waals surface area contributed by atoms with E-state index in [1.54, 1.807) is 0 Å². The highest BCUT2D eigenvalue weighted by molar-refractivity contribution is 6.99. The molecule has 39 heavy (non-hydrogen) atoms. The van der Waals surface area contributed by atoms with Gasteiger partial charge in [0.1, 0.15) is 5.60 Å². The van der Waals surface area contributed by atoms with Crippen LogP contribution in [0.5, 0.6) is 0 Å². The Labute approximate surface area is 231 Å². The van der Waals surface area contributed by atoms with Gasteiger partial charge in [-0.2, -0.15) is 0 Å². The van der Waals surface area contributed by atoms with Gasteiger partial charge < -0.3 is 19.6 Å². The zero-order valence-electron chi connectivity index (χ0n) is 23.0. The number of nitrogens with one attached hydrogen (secondary N) is 1. The zero-order chi connectivity index (χ0) is 27.7. The van der Waals surface area contributed by atoms with Crippen molar-refractivity contribution in [3.63, 3.8) is 0 Å². The van der Waals surface area contributed by atoms with Gasteiger partial charge in [-0.1, -0.05) is 81.4 Å². The molecule has 1 aliphatic carbocycles. The van der Waals surface area contributed by atoms with E-state index in [0.717, 1.165) is 25.0 Å². The molecule has 7 heteroatoms. The minimum Gasteiger partial charge on any atom is -0.407 e. The Kier molecular flexibility index (Phi) is 7.97. The third-order valence-corrected chi connectivity index (χ3v) is 13.6. The second kappa shape index (κ2) is 11.1. The van der Waals surface area contributed by atoms with Crippen molar-refractivity contribution in [2.45, 2.75) is 69.2 Å². The quantitative estimate of drug-likeness (QED) is 0.373. The minimum atomic E-state index is -2.73. The van der Waals surface area contributed by atoms with Crippen LogP contribution in [0.3, 0.4) is 0 Å². The fraction of sp³-hybridized carbons (Fsp3) is 0.438. The molecule has 1 saturated carbocycles. The number of halogens is 2. The summed E-state index contributed by atoms with van der Waals surface area (Å²) in [5, 5.41) is 17.6. The van der Waals surface area contributed by atoms with E-state index >= 15 is 0 Å². The predicted octanol–water partition coefficient (Wildman–Crippen LogP) is 5.64. The molecular formula is C32H39F2NO3Si. The number of fused-ring (bicyclic) bond motifs is 1. The van der Waals surface area contributed by atoms with Crippen LogP contribution in [0.4, 0.5) is 14.5 Å². The Morgan fingerprint density at radius 2 is 1.59 bits per heavy atom. The first kappa shape index (κ1) is 28.0. The van der Waals surface area contributed by atoms with Crippen LogP contribution in [0.1, 0.15) is 46.5 Å². The summed E-state index contributed by atoms with van der Waals surface area (Å²) in [5.41, 5.74) is -0.681. The van der Waals surface area contributed by atoms with Gasteiger partial charge in [-0.15, -0.1) is 0 Å². The maximum Gasteiger partial charge on any atom is 0.261 e. The lowest BCUT2D eigenvalue weighted by Gasteiger charge is -2.53. The topological polar surface area (TPSA) is 50.7 Å². The first-order valence-corrected chi connectivity index (χ1v) is 15.9. The van der Waals surface area contributed by atoms with Crippen molar-refractivity contribution in [1.82, 2.24) is 0 Å². The van der Waals surface area contributed by atoms with Crippen molar-refractivity contribution >= 4 is 24.4 Å². The normalized spacial score (nSPS) is 25.6. The maximum atomic E-state index is 13.9. The van der Waals surface area contributed by atoms with Crippen LogP contribution >= 0.6 is 0 Å². The average Bonchev–Trinajstić information content (AvgIpc) is 2.92. The fourth-order valence-electron chi connectivity index (χ4n) is 6.70. The summed E-state index contributed by atoms with van der Waals surface area (Å²) in [5.74, 6) is -1.79. The van der Waals surface area contributed by atoms with Crippen molar-refractivity contribution in [1.29, 1.82) is 0 Å². The zero-order valence-corrected chi connectivity index (χ0v) is 24.0. The first-order valence-electron chi connectivity index (χ1n) is 14.0. The molecule has 5 rings (SSSR count). The Hall–Kier alpha value is -2.58. The van der Waals surface area contributed by atoms with Crippen molar-refractivity contribution in [3.05, 3.63) is 90.5 Å². The molecule has 4 atom stereocenters. The van der Waals surface area contributed by atoms with Crippen LogP contribution in [0.25, 0.3) is 0 Å². The van der Waals surface area contributed by atoms with E-state index in [2.05, 4.69) is 74.6 Å². The largest absolute Gasteiger partial charge is 0.407 e. The number of ether oxygens (including phenoxy) is 1. The molecule has 2 N–H and O–H groups in total. The molecule has 3 aromatic carbocycles. The molecule has 0 aromatic heterocycles. The third kappa shape index (κ3) is 5.30. The summed E-state index contributed by atoms with van der Waals surface area (Å²) in [6.45, 7) is 7.83. The van der Waals surface area contributed by atoms with Gasteiger partial charge in [-0.05, 0) is 53.2 Å². The van der Waals surface area contributed by atoms with Crippen LogP contribution in [0.2, 0.25) is 5.04 Å². The number of hydrogen-bond donors (Lipinski definition) is 2. The highest BCUT2D eigenvalue weighted by Crippen LogP contribution is 2.44. The summed E-state index contributed by atoms with van der Waals surface area (Å²) < 4.78 is 40.9. The highest BCUT2D eigenvalue weighted by Gasteiger charge is 2.55. The standard InChI is InChI=1S/C32H39F2NO3Si/c1-31(2,3)39(25-11-6-4-7-12-25,26-13-8-5-9-14-26)38-22-23-15-18-29(32(36)19-10-20-37-30(23)32)35-24-16-17-27(33)28(34)21-24/h4-9,11-14,16-17,21,23,29-30,35-36H,10,15,18-20,22H2,1-3H3/t23-,29-,30-,32-/m0/s1. The Morgan fingerprint density at radius 3 is 2.18 bits per heavy atom. The molecular weight excluding hydrogens is 512 g/mol. The summed E-state index contributed by atoms with van der Waals surface area (Å²) in [6, 6.07) is 24.5. The molecule has 2 aliphatic rings. The summed E-state index contributed by atoms with van der Waals surface area (Å²) in [6.07, 6.45) is 2.36. The molecule has 1 aliphatic heterocycles. The molecule has 0 amide bonds. The lowest BCUT2D eigenvalue weighted by Crippen LogP contribution is -2.68. The molecule has 4 nitrogen and oxygen atoms in total. The monoisotopic (exact) mass is 551 g/mol. The van der Waals surface area contributed by atoms with Gasteiger partial charge in [0.15, 0.2) is 11.6 Å². The molecule has 0 spiro atoms. The van der Waals surface area contributed by atoms with Crippen molar-refractivity contribution < 1.29 is 23.1 Å². The predicted molar refractivity (Wildman–Crippen MR) is 154 cm³/mol. The third-order valence-electron chi connectivity index (χ3n) is 8.56. The van der Waals surface area contributed by atoms with E-state index in [1.807, 2.05) is 12.1 Å². The van der Waals surface area contributed by atoms with E-state index < -0.39 is 31.7 Å². The molecule has 208 valence electrons. The molecule has 0 radical (unpaired) electrons. The number of hydrogen-bond acceptors (Lipinski definition) is 4. The molecule has 3 aromatic rings. The van der Waals surface area contributed by atoms with Crippen LogP contribution in [0, 0.1) is 17.6 Å². The van der Waals surface area contributed by atoms with Gasteiger partial charge in [-0.3, -0.25) is 0 Å². The summed E-state index contributed by atoms with van der Waals surface area (Å²) in [7, 11) is -2.73. The van der Waals surface area contributed by atoms with Gasteiger partial charge in [0.2, 0.25) is 0 Å². The molecule has 0 unspecified atom stereocenters. The van der Waals surface area contributed by atoms with Gasteiger partial charge in [0, 0.05) is 30.9 Å². The lowest BCUT2D eigenvalue weighted by atomic mass is 9.69. The van der Waals surface area contributed by atoms with Gasteiger partial charge in [0.05, 0.1) is 12.1 Å².